The Morgan fingerprint density at radius 2 is 2.11 bits per heavy atom. The van der Waals surface area contributed by atoms with Gasteiger partial charge in [-0.25, -0.2) is 0 Å². The van der Waals surface area contributed by atoms with Gasteiger partial charge in [-0.3, -0.25) is 9.59 Å². The highest BCUT2D eigenvalue weighted by Crippen LogP contribution is 2.19. The quantitative estimate of drug-likeness (QED) is 0.907. The number of hydrogen-bond acceptors (Lipinski definition) is 3. The van der Waals surface area contributed by atoms with Crippen LogP contribution in [0.25, 0.3) is 0 Å². The predicted molar refractivity (Wildman–Crippen MR) is 69.6 cm³/mol. The fourth-order valence-electron chi connectivity index (χ4n) is 2.22. The second-order valence-corrected chi connectivity index (χ2v) is 5.60. The minimum Gasteiger partial charge on any atom is -0.481 e. The molecule has 5 heteroatoms. The van der Waals surface area contributed by atoms with Crippen LogP contribution in [0.2, 0.25) is 0 Å². The van der Waals surface area contributed by atoms with Crippen molar-refractivity contribution in [1.29, 1.82) is 0 Å². The molecule has 0 radical (unpaired) electrons. The van der Waals surface area contributed by atoms with Crippen LogP contribution in [0, 0.1) is 5.92 Å². The van der Waals surface area contributed by atoms with Crippen molar-refractivity contribution in [2.45, 2.75) is 25.7 Å². The molecule has 1 N–H and O–H groups in total. The number of nitrogens with zero attached hydrogens (tertiary/aromatic N) is 1. The molecule has 2 heterocycles. The molecule has 0 aromatic carbocycles. The van der Waals surface area contributed by atoms with E-state index >= 15 is 0 Å². The molecule has 0 bridgehead atoms. The van der Waals surface area contributed by atoms with E-state index < -0.39 is 5.97 Å². The molecule has 1 aromatic heterocycles. The summed E-state index contributed by atoms with van der Waals surface area (Å²) < 4.78 is 0. The maximum absolute atomic E-state index is 12.0. The first-order valence-electron chi connectivity index (χ1n) is 6.20. The number of carboxylic acids is 1. The maximum atomic E-state index is 12.0. The summed E-state index contributed by atoms with van der Waals surface area (Å²) in [5.41, 5.74) is 0. The highest BCUT2D eigenvalue weighted by molar-refractivity contribution is 7.09. The predicted octanol–water partition coefficient (Wildman–Crippen LogP) is 2.00. The summed E-state index contributed by atoms with van der Waals surface area (Å²) in [7, 11) is 0. The van der Waals surface area contributed by atoms with Gasteiger partial charge in [-0.2, -0.15) is 0 Å². The number of aliphatic carboxylic acids is 1. The number of aryl methyl sites for hydroxylation is 1. The number of rotatable bonds is 4. The van der Waals surface area contributed by atoms with Crippen molar-refractivity contribution in [1.82, 2.24) is 4.90 Å². The third-order valence-electron chi connectivity index (χ3n) is 3.36. The molecule has 1 amide bonds. The van der Waals surface area contributed by atoms with Crippen LogP contribution in [0.1, 0.15) is 24.1 Å². The first kappa shape index (κ1) is 13.1. The summed E-state index contributed by atoms with van der Waals surface area (Å²) in [6.07, 6.45) is 2.48. The molecule has 0 aliphatic carbocycles. The number of amides is 1. The fraction of sp³-hybridized carbons (Fsp3) is 0.538. The normalized spacial score (nSPS) is 16.8. The molecule has 4 nitrogen and oxygen atoms in total. The van der Waals surface area contributed by atoms with Crippen molar-refractivity contribution in [2.24, 2.45) is 5.92 Å². The summed E-state index contributed by atoms with van der Waals surface area (Å²) in [6, 6.07) is 4.03. The molecule has 0 spiro atoms. The molecule has 1 saturated heterocycles. The third-order valence-corrected chi connectivity index (χ3v) is 4.30. The zero-order valence-corrected chi connectivity index (χ0v) is 11.0. The average Bonchev–Trinajstić information content (AvgIpc) is 2.89. The van der Waals surface area contributed by atoms with Crippen LogP contribution in [0.15, 0.2) is 17.5 Å². The van der Waals surface area contributed by atoms with E-state index in [1.807, 2.05) is 17.5 Å². The van der Waals surface area contributed by atoms with Crippen LogP contribution in [0.4, 0.5) is 0 Å². The van der Waals surface area contributed by atoms with Crippen molar-refractivity contribution in [2.75, 3.05) is 13.1 Å². The molecular weight excluding hydrogens is 250 g/mol. The van der Waals surface area contributed by atoms with Crippen LogP contribution < -0.4 is 0 Å². The van der Waals surface area contributed by atoms with E-state index in [4.69, 9.17) is 5.11 Å². The van der Waals surface area contributed by atoms with Gasteiger partial charge in [0.1, 0.15) is 0 Å². The zero-order valence-electron chi connectivity index (χ0n) is 10.2. The molecule has 0 saturated carbocycles. The van der Waals surface area contributed by atoms with E-state index in [9.17, 15) is 9.59 Å². The number of carboxylic acid groups (broad SMARTS) is 1. The smallest absolute Gasteiger partial charge is 0.306 e. The van der Waals surface area contributed by atoms with E-state index in [0.29, 0.717) is 32.4 Å². The summed E-state index contributed by atoms with van der Waals surface area (Å²) in [4.78, 5) is 25.8. The number of carbonyl (C=O) groups excluding carboxylic acids is 1. The number of likely N-dealkylation sites (tertiary alicyclic amines) is 1. The average molecular weight is 267 g/mol. The molecule has 0 atom stereocenters. The first-order valence-corrected chi connectivity index (χ1v) is 7.08. The molecule has 1 fully saturated rings. The van der Waals surface area contributed by atoms with Gasteiger partial charge < -0.3 is 10.0 Å². The van der Waals surface area contributed by atoms with E-state index in [-0.39, 0.29) is 11.8 Å². The Labute approximate surface area is 110 Å². The Morgan fingerprint density at radius 1 is 1.39 bits per heavy atom. The summed E-state index contributed by atoms with van der Waals surface area (Å²) >= 11 is 1.67. The van der Waals surface area contributed by atoms with Crippen molar-refractivity contribution in [3.63, 3.8) is 0 Å². The van der Waals surface area contributed by atoms with Crippen LogP contribution >= 0.6 is 11.3 Å². The van der Waals surface area contributed by atoms with Gasteiger partial charge in [0.25, 0.3) is 0 Å². The lowest BCUT2D eigenvalue weighted by molar-refractivity contribution is -0.145. The van der Waals surface area contributed by atoms with Gasteiger partial charge in [0, 0.05) is 24.4 Å². The van der Waals surface area contributed by atoms with Crippen LogP contribution in [-0.2, 0) is 16.0 Å². The van der Waals surface area contributed by atoms with E-state index in [0.717, 1.165) is 6.42 Å². The van der Waals surface area contributed by atoms with E-state index in [1.54, 1.807) is 16.2 Å². The van der Waals surface area contributed by atoms with Crippen molar-refractivity contribution < 1.29 is 14.7 Å². The standard InChI is InChI=1S/C13H17NO3S/c15-12(4-3-11-2-1-9-18-11)14-7-5-10(6-8-14)13(16)17/h1-2,9-10H,3-8H2,(H,16,17). The van der Waals surface area contributed by atoms with E-state index in [1.165, 1.54) is 4.88 Å². The summed E-state index contributed by atoms with van der Waals surface area (Å²) in [5.74, 6) is -0.862. The van der Waals surface area contributed by atoms with Crippen LogP contribution in [0.5, 0.6) is 0 Å². The van der Waals surface area contributed by atoms with Crippen molar-refractivity contribution >= 4 is 23.2 Å². The first-order chi connectivity index (χ1) is 8.66. The summed E-state index contributed by atoms with van der Waals surface area (Å²) in [6.45, 7) is 1.17. The Kier molecular flexibility index (Phi) is 4.36. The minimum absolute atomic E-state index is 0.146. The molecule has 98 valence electrons. The number of hydrogen-bond donors (Lipinski definition) is 1. The van der Waals surface area contributed by atoms with Gasteiger partial charge in [0.15, 0.2) is 0 Å². The lowest BCUT2D eigenvalue weighted by Gasteiger charge is -2.30. The van der Waals surface area contributed by atoms with Crippen LogP contribution in [-0.4, -0.2) is 35.0 Å². The SMILES string of the molecule is O=C(O)C1CCN(C(=O)CCc2cccs2)CC1. The number of piperidine rings is 1. The molecule has 1 aliphatic rings. The van der Waals surface area contributed by atoms with Gasteiger partial charge in [-0.15, -0.1) is 11.3 Å². The Balaban J connectivity index is 1.75. The number of thiophene rings is 1. The largest absolute Gasteiger partial charge is 0.481 e. The Hall–Kier alpha value is -1.36. The number of carbonyl (C=O) groups is 2. The monoisotopic (exact) mass is 267 g/mol. The Morgan fingerprint density at radius 3 is 2.67 bits per heavy atom. The van der Waals surface area contributed by atoms with E-state index in [2.05, 4.69) is 0 Å². The highest BCUT2D eigenvalue weighted by atomic mass is 32.1. The third kappa shape index (κ3) is 3.32. The summed E-state index contributed by atoms with van der Waals surface area (Å²) in [5, 5.41) is 10.9. The Bertz CT molecular complexity index is 408. The topological polar surface area (TPSA) is 57.6 Å². The molecule has 1 aromatic rings. The lowest BCUT2D eigenvalue weighted by atomic mass is 9.97. The van der Waals surface area contributed by atoms with Gasteiger partial charge in [0.05, 0.1) is 5.92 Å². The van der Waals surface area contributed by atoms with Gasteiger partial charge in [0.2, 0.25) is 5.91 Å². The van der Waals surface area contributed by atoms with Gasteiger partial charge >= 0.3 is 5.97 Å². The molecular formula is C13H17NO3S. The molecule has 2 rings (SSSR count). The molecule has 18 heavy (non-hydrogen) atoms. The molecule has 1 aliphatic heterocycles. The zero-order chi connectivity index (χ0) is 13.0. The van der Waals surface area contributed by atoms with Crippen LogP contribution in [0.3, 0.4) is 0 Å². The van der Waals surface area contributed by atoms with Crippen molar-refractivity contribution in [3.05, 3.63) is 22.4 Å². The minimum atomic E-state index is -0.735. The van der Waals surface area contributed by atoms with Gasteiger partial charge in [-0.05, 0) is 30.7 Å². The van der Waals surface area contributed by atoms with Crippen molar-refractivity contribution in [3.8, 4) is 0 Å². The van der Waals surface area contributed by atoms with Gasteiger partial charge in [-0.1, -0.05) is 6.07 Å². The lowest BCUT2D eigenvalue weighted by Crippen LogP contribution is -2.40. The second kappa shape index (κ2) is 6.00. The maximum Gasteiger partial charge on any atom is 0.306 e. The highest BCUT2D eigenvalue weighted by Gasteiger charge is 2.26. The second-order valence-electron chi connectivity index (χ2n) is 4.57. The molecule has 0 unspecified atom stereocenters. The fourth-order valence-corrected chi connectivity index (χ4v) is 2.93.